The molecule has 1 aliphatic rings. The van der Waals surface area contributed by atoms with Gasteiger partial charge in [-0.15, -0.1) is 0 Å². The molecule has 23 heavy (non-hydrogen) atoms. The lowest BCUT2D eigenvalue weighted by molar-refractivity contribution is -0.282. The first kappa shape index (κ1) is 18.1. The van der Waals surface area contributed by atoms with Crippen molar-refractivity contribution < 1.29 is 44.3 Å². The molecule has 1 unspecified atom stereocenters. The molecule has 8 N–H and O–H groups in total. The molecular weight excluding hydrogens is 333 g/mol. The molecule has 0 spiro atoms. The lowest BCUT2D eigenvalue weighted by Crippen LogP contribution is -2.61. The average Bonchev–Trinajstić information content (AvgIpc) is 2.48. The molecule has 6 atom stereocenters. The highest BCUT2D eigenvalue weighted by Gasteiger charge is 2.51. The van der Waals surface area contributed by atoms with Crippen molar-refractivity contribution in [2.24, 2.45) is 0 Å². The second-order valence-corrected chi connectivity index (χ2v) is 6.84. The van der Waals surface area contributed by atoms with Gasteiger partial charge < -0.3 is 45.4 Å². The van der Waals surface area contributed by atoms with Gasteiger partial charge in [-0.05, 0) is 24.3 Å². The molecule has 0 aromatic heterocycles. The van der Waals surface area contributed by atoms with Gasteiger partial charge in [-0.25, -0.2) is 0 Å². The van der Waals surface area contributed by atoms with Crippen molar-refractivity contribution >= 4 is 13.3 Å². The molecule has 2 rings (SSSR count). The van der Waals surface area contributed by atoms with Gasteiger partial charge in [0.2, 0.25) is 6.29 Å². The van der Waals surface area contributed by atoms with Crippen LogP contribution in [-0.2, 0) is 9.30 Å². The molecule has 0 radical (unpaired) electrons. The molecular formula is C12H18NO9P. The van der Waals surface area contributed by atoms with E-state index < -0.39 is 44.1 Å². The second-order valence-electron chi connectivity index (χ2n) is 5.13. The maximum Gasteiger partial charge on any atom is 0.356 e. The number of benzene rings is 1. The number of ether oxygens (including phenoxy) is 2. The zero-order valence-electron chi connectivity index (χ0n) is 11.7. The predicted octanol–water partition coefficient (Wildman–Crippen LogP) is -2.05. The second kappa shape index (κ2) is 6.71. The third kappa shape index (κ3) is 4.00. The first-order valence-corrected chi connectivity index (χ1v) is 8.24. The van der Waals surface area contributed by atoms with Crippen molar-refractivity contribution in [3.63, 3.8) is 0 Å². The summed E-state index contributed by atoms with van der Waals surface area (Å²) in [4.78, 5) is 18.0. The fraction of sp³-hybridized carbons (Fsp3) is 0.500. The van der Waals surface area contributed by atoms with Gasteiger partial charge in [-0.1, -0.05) is 0 Å². The Morgan fingerprint density at radius 2 is 1.65 bits per heavy atom. The summed E-state index contributed by atoms with van der Waals surface area (Å²) in [5.74, 6) is -2.20. The van der Waals surface area contributed by atoms with E-state index in [0.717, 1.165) is 0 Å². The highest BCUT2D eigenvalue weighted by atomic mass is 31.2. The van der Waals surface area contributed by atoms with E-state index in [0.29, 0.717) is 5.69 Å². The van der Waals surface area contributed by atoms with E-state index in [-0.39, 0.29) is 5.75 Å². The summed E-state index contributed by atoms with van der Waals surface area (Å²) >= 11 is 0. The van der Waals surface area contributed by atoms with Crippen molar-refractivity contribution in [2.75, 3.05) is 5.73 Å². The van der Waals surface area contributed by atoms with Gasteiger partial charge in [0.15, 0.2) is 5.85 Å². The van der Waals surface area contributed by atoms with Crippen LogP contribution in [0, 0.1) is 0 Å². The summed E-state index contributed by atoms with van der Waals surface area (Å²) < 4.78 is 21.4. The normalized spacial score (nSPS) is 33.2. The van der Waals surface area contributed by atoms with Crippen molar-refractivity contribution in [1.29, 1.82) is 0 Å². The molecule has 1 saturated heterocycles. The lowest BCUT2D eigenvalue weighted by atomic mass is 9.99. The number of nitrogens with two attached hydrogens (primary N) is 1. The number of hydrogen-bond donors (Lipinski definition) is 7. The molecule has 0 amide bonds. The van der Waals surface area contributed by atoms with E-state index in [1.807, 2.05) is 0 Å². The van der Waals surface area contributed by atoms with Gasteiger partial charge in [0.05, 0.1) is 0 Å². The summed E-state index contributed by atoms with van der Waals surface area (Å²) in [5, 5.41) is 39.0. The molecule has 1 aliphatic heterocycles. The first-order chi connectivity index (χ1) is 10.6. The van der Waals surface area contributed by atoms with Crippen LogP contribution in [0.4, 0.5) is 5.69 Å². The van der Waals surface area contributed by atoms with Gasteiger partial charge in [-0.2, -0.15) is 0 Å². The van der Waals surface area contributed by atoms with Crippen LogP contribution in [0.3, 0.4) is 0 Å². The monoisotopic (exact) mass is 351 g/mol. The van der Waals surface area contributed by atoms with Crippen molar-refractivity contribution in [1.82, 2.24) is 0 Å². The predicted molar refractivity (Wildman–Crippen MR) is 76.2 cm³/mol. The molecule has 1 fully saturated rings. The van der Waals surface area contributed by atoms with E-state index in [9.17, 15) is 25.0 Å². The Morgan fingerprint density at radius 3 is 2.17 bits per heavy atom. The Kier molecular flexibility index (Phi) is 5.29. The third-order valence-electron chi connectivity index (χ3n) is 3.38. The lowest BCUT2D eigenvalue weighted by Gasteiger charge is -2.41. The molecule has 1 heterocycles. The highest BCUT2D eigenvalue weighted by Crippen LogP contribution is 2.44. The topological polar surface area (TPSA) is 183 Å². The van der Waals surface area contributed by atoms with Gasteiger partial charge >= 0.3 is 7.60 Å². The van der Waals surface area contributed by atoms with Gasteiger partial charge in [-0.3, -0.25) is 4.57 Å². The van der Waals surface area contributed by atoms with E-state index in [2.05, 4.69) is 0 Å². The fourth-order valence-corrected chi connectivity index (χ4v) is 2.72. The minimum Gasteiger partial charge on any atom is -0.462 e. The first-order valence-electron chi connectivity index (χ1n) is 6.56. The van der Waals surface area contributed by atoms with Crippen LogP contribution < -0.4 is 10.5 Å². The van der Waals surface area contributed by atoms with E-state index >= 15 is 0 Å². The Hall–Kier alpha value is -1.23. The summed E-state index contributed by atoms with van der Waals surface area (Å²) in [6.45, 7) is 0. The zero-order chi connectivity index (χ0) is 17.4. The fourth-order valence-electron chi connectivity index (χ4n) is 2.09. The molecule has 130 valence electrons. The Labute approximate surface area is 130 Å². The Morgan fingerprint density at radius 1 is 1.09 bits per heavy atom. The summed E-state index contributed by atoms with van der Waals surface area (Å²) in [5.41, 5.74) is 5.96. The Bertz CT molecular complexity index is 576. The van der Waals surface area contributed by atoms with Crippen LogP contribution in [0.15, 0.2) is 24.3 Å². The maximum atomic E-state index is 11.1. The van der Waals surface area contributed by atoms with Crippen molar-refractivity contribution in [2.45, 2.75) is 36.6 Å². The number of aliphatic hydroxyl groups is 4. The van der Waals surface area contributed by atoms with Gasteiger partial charge in [0, 0.05) is 5.69 Å². The number of anilines is 1. The van der Waals surface area contributed by atoms with Crippen LogP contribution in [0.2, 0.25) is 0 Å². The van der Waals surface area contributed by atoms with E-state index in [1.165, 1.54) is 24.3 Å². The third-order valence-corrected chi connectivity index (χ3v) is 4.36. The molecule has 0 saturated carbocycles. The van der Waals surface area contributed by atoms with Crippen molar-refractivity contribution in [3.8, 4) is 5.75 Å². The van der Waals surface area contributed by atoms with Crippen molar-refractivity contribution in [3.05, 3.63) is 24.3 Å². The largest absolute Gasteiger partial charge is 0.462 e. The van der Waals surface area contributed by atoms with E-state index in [4.69, 9.17) is 25.0 Å². The quantitative estimate of drug-likeness (QED) is 0.235. The molecule has 1 aromatic carbocycles. The SMILES string of the molecule is Nc1ccc(O[C@H]2O[C@H](C(O)P(=O)(O)O)[C@@H](O)[C@H](O)[C@@H]2O)cc1. The van der Waals surface area contributed by atoms with Gasteiger partial charge in [0.25, 0.3) is 0 Å². The summed E-state index contributed by atoms with van der Waals surface area (Å²) in [6, 6.07) is 5.88. The minimum atomic E-state index is -5.02. The minimum absolute atomic E-state index is 0.191. The number of aliphatic hydroxyl groups excluding tert-OH is 4. The molecule has 1 aromatic rings. The van der Waals surface area contributed by atoms with Gasteiger partial charge in [0.1, 0.15) is 30.2 Å². The smallest absolute Gasteiger partial charge is 0.356 e. The highest BCUT2D eigenvalue weighted by molar-refractivity contribution is 7.52. The van der Waals surface area contributed by atoms with Crippen LogP contribution in [0.5, 0.6) is 5.75 Å². The zero-order valence-corrected chi connectivity index (χ0v) is 12.6. The molecule has 10 nitrogen and oxygen atoms in total. The number of nitrogen functional groups attached to an aromatic ring is 1. The van der Waals surface area contributed by atoms with E-state index in [1.54, 1.807) is 0 Å². The number of rotatable bonds is 4. The van der Waals surface area contributed by atoms with Crippen LogP contribution in [0.25, 0.3) is 0 Å². The van der Waals surface area contributed by atoms with Crippen LogP contribution in [0.1, 0.15) is 0 Å². The summed E-state index contributed by atoms with van der Waals surface area (Å²) in [7, 11) is -5.02. The standard InChI is InChI=1S/C12H18NO9P/c13-5-1-3-6(4-2-5)21-12-9(16)7(14)8(15)10(22-12)11(17)23(18,19)20/h1-4,7-12,14-17H,13H2,(H2,18,19,20)/t7-,8-,9-,10-,11?,12-/m0/s1. The molecule has 0 aliphatic carbocycles. The summed E-state index contributed by atoms with van der Waals surface area (Å²) in [6.07, 6.45) is -8.88. The maximum absolute atomic E-state index is 11.1. The average molecular weight is 351 g/mol. The molecule has 11 heteroatoms. The van der Waals surface area contributed by atoms with Crippen LogP contribution >= 0.6 is 7.60 Å². The molecule has 0 bridgehead atoms. The van der Waals surface area contributed by atoms with Crippen LogP contribution in [-0.4, -0.2) is 66.8 Å². The Balaban J connectivity index is 2.19. The number of hydrogen-bond acceptors (Lipinski definition) is 8.